The van der Waals surface area contributed by atoms with Crippen molar-refractivity contribution in [3.05, 3.63) is 59.2 Å². The van der Waals surface area contributed by atoms with E-state index in [1.54, 1.807) is 0 Å². The zero-order valence-electron chi connectivity index (χ0n) is 17.5. The van der Waals surface area contributed by atoms with Crippen molar-refractivity contribution in [3.8, 4) is 5.75 Å². The van der Waals surface area contributed by atoms with Crippen molar-refractivity contribution in [2.75, 3.05) is 5.32 Å². The van der Waals surface area contributed by atoms with Crippen LogP contribution in [0.3, 0.4) is 0 Å². The summed E-state index contributed by atoms with van der Waals surface area (Å²) >= 11 is 5.33. The number of amides is 1. The minimum atomic E-state index is -0.563. The van der Waals surface area contributed by atoms with Gasteiger partial charge in [0.1, 0.15) is 22.4 Å². The van der Waals surface area contributed by atoms with Gasteiger partial charge in [0, 0.05) is 0 Å². The Kier molecular flexibility index (Phi) is 6.13. The third-order valence-electron chi connectivity index (χ3n) is 4.59. The Morgan fingerprint density at radius 1 is 1.24 bits per heavy atom. The Hall–Kier alpha value is -2.60. The fourth-order valence-corrected chi connectivity index (χ4v) is 3.26. The quantitative estimate of drug-likeness (QED) is 0.665. The molecule has 2 N–H and O–H groups in total. The highest BCUT2D eigenvalue weighted by molar-refractivity contribution is 7.80. The summed E-state index contributed by atoms with van der Waals surface area (Å²) in [4.78, 5) is 13.1. The summed E-state index contributed by atoms with van der Waals surface area (Å²) in [7, 11) is 0. The topological polar surface area (TPSA) is 59.6 Å². The van der Waals surface area contributed by atoms with Crippen LogP contribution >= 0.6 is 12.2 Å². The van der Waals surface area contributed by atoms with E-state index in [-0.39, 0.29) is 12.1 Å². The molecule has 1 aliphatic rings. The molecule has 0 fully saturated rings. The number of carbonyl (C=O) groups excluding carboxylic acids is 1. The van der Waals surface area contributed by atoms with E-state index in [2.05, 4.69) is 41.8 Å². The van der Waals surface area contributed by atoms with Gasteiger partial charge in [0.15, 0.2) is 0 Å². The summed E-state index contributed by atoms with van der Waals surface area (Å²) in [6.07, 6.45) is 0.0345. The van der Waals surface area contributed by atoms with Crippen LogP contribution in [0.1, 0.15) is 50.4 Å². The van der Waals surface area contributed by atoms with Crippen molar-refractivity contribution in [1.29, 1.82) is 0 Å². The Balaban J connectivity index is 1.87. The first-order valence-corrected chi connectivity index (χ1v) is 10.2. The normalized spacial score (nSPS) is 16.9. The fraction of sp³-hybridized carbons (Fsp3) is 0.391. The largest absolute Gasteiger partial charge is 0.481 e. The van der Waals surface area contributed by atoms with Gasteiger partial charge in [-0.05, 0) is 64.3 Å². The van der Waals surface area contributed by atoms with E-state index in [4.69, 9.17) is 21.7 Å². The van der Waals surface area contributed by atoms with Crippen molar-refractivity contribution in [2.24, 2.45) is 0 Å². The van der Waals surface area contributed by atoms with Crippen LogP contribution in [0.2, 0.25) is 0 Å². The Morgan fingerprint density at radius 3 is 2.59 bits per heavy atom. The van der Waals surface area contributed by atoms with E-state index in [1.165, 1.54) is 5.56 Å². The van der Waals surface area contributed by atoms with Crippen LogP contribution in [0.4, 0.5) is 10.5 Å². The van der Waals surface area contributed by atoms with Gasteiger partial charge in [-0.15, -0.1) is 0 Å². The van der Waals surface area contributed by atoms with E-state index in [0.29, 0.717) is 11.4 Å². The van der Waals surface area contributed by atoms with Crippen LogP contribution in [0.5, 0.6) is 5.75 Å². The lowest BCUT2D eigenvalue weighted by molar-refractivity contribution is 0.0503. The maximum atomic E-state index is 12.5. The summed E-state index contributed by atoms with van der Waals surface area (Å²) in [5, 5.41) is 6.25. The molecule has 0 aliphatic carbocycles. The van der Waals surface area contributed by atoms with Gasteiger partial charge in [-0.25, -0.2) is 4.79 Å². The van der Waals surface area contributed by atoms with Gasteiger partial charge >= 0.3 is 6.09 Å². The number of rotatable bonds is 4. The van der Waals surface area contributed by atoms with Gasteiger partial charge in [0.05, 0.1) is 11.7 Å². The van der Waals surface area contributed by atoms with Crippen LogP contribution in [-0.2, 0) is 11.2 Å². The maximum Gasteiger partial charge on any atom is 0.408 e. The molecule has 29 heavy (non-hydrogen) atoms. The molecule has 0 spiro atoms. The fourth-order valence-electron chi connectivity index (χ4n) is 3.11. The van der Waals surface area contributed by atoms with Crippen LogP contribution in [0.15, 0.2) is 42.5 Å². The van der Waals surface area contributed by atoms with Gasteiger partial charge in [-0.1, -0.05) is 48.1 Å². The molecule has 3 rings (SSSR count). The molecule has 6 heteroatoms. The van der Waals surface area contributed by atoms with Gasteiger partial charge in [-0.2, -0.15) is 0 Å². The number of ether oxygens (including phenoxy) is 2. The zero-order valence-corrected chi connectivity index (χ0v) is 18.4. The molecule has 2 aromatic carbocycles. The van der Waals surface area contributed by atoms with Crippen LogP contribution in [-0.4, -0.2) is 22.8 Å². The Morgan fingerprint density at radius 2 is 1.93 bits per heavy atom. The van der Waals surface area contributed by atoms with Crippen LogP contribution in [0, 0.1) is 6.92 Å². The van der Waals surface area contributed by atoms with Gasteiger partial charge in [0.2, 0.25) is 0 Å². The minimum absolute atomic E-state index is 0.161. The van der Waals surface area contributed by atoms with E-state index < -0.39 is 11.7 Å². The number of carbonyl (C=O) groups is 1. The first kappa shape index (κ1) is 21.1. The predicted octanol–water partition coefficient (Wildman–Crippen LogP) is 5.32. The average Bonchev–Trinajstić information content (AvgIpc) is 2.62. The van der Waals surface area contributed by atoms with Crippen molar-refractivity contribution < 1.29 is 14.3 Å². The molecule has 1 heterocycles. The number of hydrogen-bond acceptors (Lipinski definition) is 4. The second-order valence-corrected chi connectivity index (χ2v) is 8.83. The molecule has 2 unspecified atom stereocenters. The van der Waals surface area contributed by atoms with Crippen molar-refractivity contribution in [2.45, 2.75) is 58.8 Å². The predicted molar refractivity (Wildman–Crippen MR) is 120 cm³/mol. The lowest BCUT2D eigenvalue weighted by Gasteiger charge is -2.28. The van der Waals surface area contributed by atoms with E-state index >= 15 is 0 Å². The second-order valence-electron chi connectivity index (χ2n) is 8.39. The smallest absolute Gasteiger partial charge is 0.408 e. The molecular formula is C23H28N2O3S. The lowest BCUT2D eigenvalue weighted by atomic mass is 9.97. The standard InChI is InChI=1S/C23H28N2O3S/c1-14-6-8-16(9-7-14)12-18(25-22(26)28-23(3,4)5)17-10-11-20-19(13-17)24-21(29)15(2)27-20/h6-11,13,15,18H,12H2,1-5H3,(H,24,29)(H,25,26). The molecule has 0 saturated carbocycles. The summed E-state index contributed by atoms with van der Waals surface area (Å²) in [5.41, 5.74) is 3.52. The summed E-state index contributed by atoms with van der Waals surface area (Å²) in [5.74, 6) is 0.751. The number of benzene rings is 2. The van der Waals surface area contributed by atoms with Crippen molar-refractivity contribution in [1.82, 2.24) is 5.32 Å². The second kappa shape index (κ2) is 8.41. The maximum absolute atomic E-state index is 12.5. The van der Waals surface area contributed by atoms with E-state index in [1.807, 2.05) is 45.9 Å². The van der Waals surface area contributed by atoms with Gasteiger partial charge in [-0.3, -0.25) is 0 Å². The monoisotopic (exact) mass is 412 g/mol. The lowest BCUT2D eigenvalue weighted by Crippen LogP contribution is -2.36. The van der Waals surface area contributed by atoms with Crippen LogP contribution < -0.4 is 15.4 Å². The number of anilines is 1. The molecule has 0 radical (unpaired) electrons. The highest BCUT2D eigenvalue weighted by Crippen LogP contribution is 2.33. The number of thiocarbonyl (C=S) groups is 1. The third-order valence-corrected chi connectivity index (χ3v) is 5.02. The molecule has 2 aromatic rings. The number of fused-ring (bicyclic) bond motifs is 1. The van der Waals surface area contributed by atoms with Gasteiger partial charge in [0.25, 0.3) is 0 Å². The first-order chi connectivity index (χ1) is 13.6. The molecule has 1 aliphatic heterocycles. The molecule has 1 amide bonds. The molecule has 154 valence electrons. The Labute approximate surface area is 177 Å². The summed E-state index contributed by atoms with van der Waals surface area (Å²) in [6.45, 7) is 9.52. The van der Waals surface area contributed by atoms with Gasteiger partial charge < -0.3 is 20.1 Å². The number of nitrogens with one attached hydrogen (secondary N) is 2. The highest BCUT2D eigenvalue weighted by atomic mass is 32.1. The Bertz CT molecular complexity index is 903. The SMILES string of the molecule is Cc1ccc(CC(NC(=O)OC(C)(C)C)c2ccc3c(c2)NC(=S)C(C)O3)cc1. The minimum Gasteiger partial charge on any atom is -0.481 e. The molecule has 0 bridgehead atoms. The molecule has 2 atom stereocenters. The van der Waals surface area contributed by atoms with Crippen molar-refractivity contribution >= 4 is 29.0 Å². The number of alkyl carbamates (subject to hydrolysis) is 1. The molecule has 0 aromatic heterocycles. The first-order valence-electron chi connectivity index (χ1n) is 9.77. The summed E-state index contributed by atoms with van der Waals surface area (Å²) < 4.78 is 11.3. The van der Waals surface area contributed by atoms with E-state index in [9.17, 15) is 4.79 Å². The van der Waals surface area contributed by atoms with E-state index in [0.717, 1.165) is 22.6 Å². The third kappa shape index (κ3) is 5.70. The van der Waals surface area contributed by atoms with Crippen molar-refractivity contribution in [3.63, 3.8) is 0 Å². The number of hydrogen-bond donors (Lipinski definition) is 2. The summed E-state index contributed by atoms with van der Waals surface area (Å²) in [6, 6.07) is 13.9. The molecular weight excluding hydrogens is 384 g/mol. The average molecular weight is 413 g/mol. The molecule has 5 nitrogen and oxygen atoms in total. The van der Waals surface area contributed by atoms with Crippen LogP contribution in [0.25, 0.3) is 0 Å². The highest BCUT2D eigenvalue weighted by Gasteiger charge is 2.24. The zero-order chi connectivity index (χ0) is 21.2. The molecule has 0 saturated heterocycles. The number of aryl methyl sites for hydroxylation is 1.